The Kier molecular flexibility index (Phi) is 50.4. The molecule has 370 valence electrons. The summed E-state index contributed by atoms with van der Waals surface area (Å²) in [5, 5.41) is 0. The van der Waals surface area contributed by atoms with Crippen LogP contribution in [0.3, 0.4) is 0 Å². The fourth-order valence-electron chi connectivity index (χ4n) is 7.60. The first-order chi connectivity index (χ1) is 31.5. The Morgan fingerprint density at radius 1 is 0.312 bits per heavy atom. The van der Waals surface area contributed by atoms with Crippen LogP contribution in [-0.4, -0.2) is 37.2 Å². The van der Waals surface area contributed by atoms with Gasteiger partial charge in [-0.05, 0) is 89.9 Å². The molecule has 0 saturated heterocycles. The van der Waals surface area contributed by atoms with Crippen LogP contribution in [0.5, 0.6) is 0 Å². The summed E-state index contributed by atoms with van der Waals surface area (Å²) in [6, 6.07) is 0. The highest BCUT2D eigenvalue weighted by Gasteiger charge is 2.19. The van der Waals surface area contributed by atoms with Crippen LogP contribution < -0.4 is 0 Å². The van der Waals surface area contributed by atoms with Crippen LogP contribution in [0.4, 0.5) is 0 Å². The molecule has 0 aromatic carbocycles. The summed E-state index contributed by atoms with van der Waals surface area (Å²) < 4.78 is 16.8. The molecule has 0 fully saturated rings. The molecule has 0 heterocycles. The standard InChI is InChI=1S/C58H102O6/c1-4-7-10-13-16-19-22-25-27-28-29-30-32-34-37-39-42-45-48-51-57(60)63-54-55(64-58(61)52-49-46-43-40-35-24-21-18-15-12-9-6-3)53-62-56(59)50-47-44-41-38-36-33-31-26-23-20-17-14-11-8-5-2/h16-17,19-20,25-27,31,36,38,55H,4-15,18,21-24,28-30,32-35,37,39-54H2,1-3H3/b19-16-,20-17-,27-25-,31-26-,38-36-/t55-/m0/s1. The normalized spacial score (nSPS) is 12.5. The molecule has 1 atom stereocenters. The fourth-order valence-corrected chi connectivity index (χ4v) is 7.60. The number of carbonyl (C=O) groups is 3. The predicted molar refractivity (Wildman–Crippen MR) is 275 cm³/mol. The molecule has 0 spiro atoms. The third-order valence-corrected chi connectivity index (χ3v) is 11.7. The van der Waals surface area contributed by atoms with E-state index in [0.29, 0.717) is 19.3 Å². The molecule has 0 amide bonds. The molecule has 0 aromatic rings. The summed E-state index contributed by atoms with van der Waals surface area (Å²) in [5.41, 5.74) is 0. The highest BCUT2D eigenvalue weighted by Crippen LogP contribution is 2.15. The number of rotatable bonds is 49. The molecule has 64 heavy (non-hydrogen) atoms. The van der Waals surface area contributed by atoms with E-state index in [1.165, 1.54) is 154 Å². The van der Waals surface area contributed by atoms with Gasteiger partial charge in [0.1, 0.15) is 13.2 Å². The van der Waals surface area contributed by atoms with Gasteiger partial charge in [-0.15, -0.1) is 0 Å². The van der Waals surface area contributed by atoms with Crippen LogP contribution >= 0.6 is 0 Å². The minimum atomic E-state index is -0.788. The van der Waals surface area contributed by atoms with E-state index in [9.17, 15) is 14.4 Å². The van der Waals surface area contributed by atoms with Crippen LogP contribution in [-0.2, 0) is 28.6 Å². The van der Waals surface area contributed by atoms with Crippen molar-refractivity contribution < 1.29 is 28.6 Å². The van der Waals surface area contributed by atoms with Gasteiger partial charge in [0, 0.05) is 19.3 Å². The molecular formula is C58H102O6. The lowest BCUT2D eigenvalue weighted by Gasteiger charge is -2.18. The Morgan fingerprint density at radius 2 is 0.562 bits per heavy atom. The van der Waals surface area contributed by atoms with Crippen LogP contribution in [0.15, 0.2) is 60.8 Å². The summed E-state index contributed by atoms with van der Waals surface area (Å²) in [5.74, 6) is -0.923. The minimum Gasteiger partial charge on any atom is -0.462 e. The zero-order valence-corrected chi connectivity index (χ0v) is 42.3. The van der Waals surface area contributed by atoms with Crippen LogP contribution in [0.1, 0.15) is 271 Å². The molecule has 0 aliphatic rings. The van der Waals surface area contributed by atoms with Crippen molar-refractivity contribution in [3.63, 3.8) is 0 Å². The lowest BCUT2D eigenvalue weighted by atomic mass is 10.0. The minimum absolute atomic E-state index is 0.0866. The summed E-state index contributed by atoms with van der Waals surface area (Å²) in [6.07, 6.45) is 64.9. The SMILES string of the molecule is CCCCC/C=C\C/C=C\C/C=C\CCCCC(=O)OC[C@@H](COC(=O)CCCCCCCCCCC/C=C\C/C=C\CCCCC)OC(=O)CCCCCCCCCCCCCC. The van der Waals surface area contributed by atoms with Crippen molar-refractivity contribution in [1.82, 2.24) is 0 Å². The molecule has 0 rings (SSSR count). The first-order valence-corrected chi connectivity index (χ1v) is 27.3. The largest absolute Gasteiger partial charge is 0.462 e. The Labute approximate surface area is 396 Å². The fraction of sp³-hybridized carbons (Fsp3) is 0.776. The molecule has 0 radical (unpaired) electrons. The maximum atomic E-state index is 12.8. The molecule has 0 aliphatic heterocycles. The number of unbranched alkanes of at least 4 members (excludes halogenated alkanes) is 28. The maximum absolute atomic E-state index is 12.8. The van der Waals surface area contributed by atoms with Crippen molar-refractivity contribution in [2.45, 2.75) is 277 Å². The number of hydrogen-bond donors (Lipinski definition) is 0. The highest BCUT2D eigenvalue weighted by atomic mass is 16.6. The quantitative estimate of drug-likeness (QED) is 0.0262. The van der Waals surface area contributed by atoms with E-state index in [1.807, 2.05) is 0 Å². The van der Waals surface area contributed by atoms with Crippen molar-refractivity contribution in [1.29, 1.82) is 0 Å². The van der Waals surface area contributed by atoms with Crippen LogP contribution in [0.25, 0.3) is 0 Å². The third-order valence-electron chi connectivity index (χ3n) is 11.7. The summed E-state index contributed by atoms with van der Waals surface area (Å²) in [7, 11) is 0. The van der Waals surface area contributed by atoms with Gasteiger partial charge in [0.05, 0.1) is 0 Å². The van der Waals surface area contributed by atoms with Gasteiger partial charge in [-0.1, -0.05) is 223 Å². The summed E-state index contributed by atoms with van der Waals surface area (Å²) >= 11 is 0. The topological polar surface area (TPSA) is 78.9 Å². The van der Waals surface area contributed by atoms with E-state index in [-0.39, 0.29) is 31.1 Å². The molecule has 0 aliphatic carbocycles. The van der Waals surface area contributed by atoms with Gasteiger partial charge in [-0.2, -0.15) is 0 Å². The average Bonchev–Trinajstić information content (AvgIpc) is 3.29. The second-order valence-electron chi connectivity index (χ2n) is 18.1. The zero-order chi connectivity index (χ0) is 46.5. The van der Waals surface area contributed by atoms with Crippen molar-refractivity contribution >= 4 is 17.9 Å². The zero-order valence-electron chi connectivity index (χ0n) is 42.3. The summed E-state index contributed by atoms with van der Waals surface area (Å²) in [6.45, 7) is 6.56. The van der Waals surface area contributed by atoms with Gasteiger partial charge in [-0.3, -0.25) is 14.4 Å². The van der Waals surface area contributed by atoms with E-state index < -0.39 is 6.10 Å². The van der Waals surface area contributed by atoms with Gasteiger partial charge in [0.15, 0.2) is 6.10 Å². The number of ether oxygens (including phenoxy) is 3. The van der Waals surface area contributed by atoms with E-state index in [4.69, 9.17) is 14.2 Å². The molecule has 6 heteroatoms. The lowest BCUT2D eigenvalue weighted by molar-refractivity contribution is -0.167. The molecular weight excluding hydrogens is 793 g/mol. The number of allylic oxidation sites excluding steroid dienone is 10. The first-order valence-electron chi connectivity index (χ1n) is 27.3. The smallest absolute Gasteiger partial charge is 0.306 e. The van der Waals surface area contributed by atoms with Crippen molar-refractivity contribution in [2.24, 2.45) is 0 Å². The Hall–Kier alpha value is -2.89. The van der Waals surface area contributed by atoms with Crippen molar-refractivity contribution in [2.75, 3.05) is 13.2 Å². The number of hydrogen-bond acceptors (Lipinski definition) is 6. The van der Waals surface area contributed by atoms with E-state index >= 15 is 0 Å². The molecule has 0 bridgehead atoms. The van der Waals surface area contributed by atoms with Crippen molar-refractivity contribution in [3.05, 3.63) is 60.8 Å². The Bertz CT molecular complexity index is 1170. The highest BCUT2D eigenvalue weighted by molar-refractivity contribution is 5.71. The molecule has 0 N–H and O–H groups in total. The molecule has 0 unspecified atom stereocenters. The van der Waals surface area contributed by atoms with Gasteiger partial charge < -0.3 is 14.2 Å². The second kappa shape index (κ2) is 52.7. The van der Waals surface area contributed by atoms with Crippen LogP contribution in [0.2, 0.25) is 0 Å². The van der Waals surface area contributed by atoms with Gasteiger partial charge in [0.2, 0.25) is 0 Å². The third kappa shape index (κ3) is 50.1. The Balaban J connectivity index is 4.38. The van der Waals surface area contributed by atoms with Crippen molar-refractivity contribution in [3.8, 4) is 0 Å². The Morgan fingerprint density at radius 3 is 0.938 bits per heavy atom. The average molecular weight is 895 g/mol. The second-order valence-corrected chi connectivity index (χ2v) is 18.1. The first kappa shape index (κ1) is 61.1. The lowest BCUT2D eigenvalue weighted by Crippen LogP contribution is -2.30. The van der Waals surface area contributed by atoms with E-state index in [2.05, 4.69) is 81.5 Å². The predicted octanol–water partition coefficient (Wildman–Crippen LogP) is 18.0. The maximum Gasteiger partial charge on any atom is 0.306 e. The monoisotopic (exact) mass is 895 g/mol. The van der Waals surface area contributed by atoms with E-state index in [0.717, 1.165) is 77.0 Å². The van der Waals surface area contributed by atoms with E-state index in [1.54, 1.807) is 0 Å². The number of carbonyl (C=O) groups excluding carboxylic acids is 3. The number of esters is 3. The van der Waals surface area contributed by atoms with Gasteiger partial charge >= 0.3 is 17.9 Å². The van der Waals surface area contributed by atoms with Crippen LogP contribution in [0, 0.1) is 0 Å². The molecule has 6 nitrogen and oxygen atoms in total. The van der Waals surface area contributed by atoms with Gasteiger partial charge in [0.25, 0.3) is 0 Å². The summed E-state index contributed by atoms with van der Waals surface area (Å²) in [4.78, 5) is 38.0. The van der Waals surface area contributed by atoms with Gasteiger partial charge in [-0.25, -0.2) is 0 Å². The molecule has 0 saturated carbocycles. The molecule has 0 aromatic heterocycles.